The minimum absolute atomic E-state index is 0.102. The van der Waals surface area contributed by atoms with Crippen LogP contribution in [0.25, 0.3) is 0 Å². The number of para-hydroxylation sites is 3. The van der Waals surface area contributed by atoms with Crippen molar-refractivity contribution in [3.8, 4) is 11.8 Å². The molecule has 0 aliphatic carbocycles. The molecule has 2 aromatic carbocycles. The van der Waals surface area contributed by atoms with Gasteiger partial charge in [-0.2, -0.15) is 5.26 Å². The summed E-state index contributed by atoms with van der Waals surface area (Å²) in [6.45, 7) is 0. The molecule has 5 heteroatoms. The Balaban J connectivity index is 1.85. The lowest BCUT2D eigenvalue weighted by molar-refractivity contribution is -0.112. The number of carbonyl (C=O) groups excluding carboxylic acids is 1. The van der Waals surface area contributed by atoms with E-state index >= 15 is 0 Å². The van der Waals surface area contributed by atoms with E-state index in [-0.39, 0.29) is 11.5 Å². The van der Waals surface area contributed by atoms with Gasteiger partial charge in [-0.3, -0.25) is 4.79 Å². The molecular weight excluding hydrogens is 266 g/mol. The fourth-order valence-electron chi connectivity index (χ4n) is 1.95. The number of fused-ring (bicyclic) bond motifs is 1. The molecule has 1 heterocycles. The monoisotopic (exact) mass is 277 g/mol. The summed E-state index contributed by atoms with van der Waals surface area (Å²) in [5, 5.41) is 14.8. The molecule has 102 valence electrons. The van der Waals surface area contributed by atoms with Crippen molar-refractivity contribution in [1.82, 2.24) is 0 Å². The highest BCUT2D eigenvalue weighted by molar-refractivity contribution is 6.07. The van der Waals surface area contributed by atoms with Gasteiger partial charge in [0.1, 0.15) is 6.07 Å². The number of benzene rings is 2. The zero-order chi connectivity index (χ0) is 14.7. The van der Waals surface area contributed by atoms with Crippen LogP contribution in [0.1, 0.15) is 0 Å². The predicted octanol–water partition coefficient (Wildman–Crippen LogP) is 2.86. The minimum Gasteiger partial charge on any atom is -0.437 e. The summed E-state index contributed by atoms with van der Waals surface area (Å²) < 4.78 is 5.50. The van der Waals surface area contributed by atoms with E-state index in [9.17, 15) is 10.1 Å². The number of carbonyl (C=O) groups is 1. The molecule has 1 amide bonds. The second-order valence-electron chi connectivity index (χ2n) is 4.36. The lowest BCUT2D eigenvalue weighted by atomic mass is 10.2. The van der Waals surface area contributed by atoms with Crippen LogP contribution < -0.4 is 15.4 Å². The van der Waals surface area contributed by atoms with E-state index in [0.29, 0.717) is 11.4 Å². The van der Waals surface area contributed by atoms with Gasteiger partial charge < -0.3 is 15.4 Å². The first-order valence-corrected chi connectivity index (χ1v) is 6.32. The zero-order valence-electron chi connectivity index (χ0n) is 11.0. The van der Waals surface area contributed by atoms with E-state index in [1.165, 1.54) is 0 Å². The Bertz CT molecular complexity index is 734. The maximum Gasteiger partial charge on any atom is 0.271 e. The Hall–Kier alpha value is -3.26. The highest BCUT2D eigenvalue weighted by atomic mass is 16.5. The number of nitrogens with zero attached hydrogens (tertiary/aromatic N) is 1. The first kappa shape index (κ1) is 12.8. The molecule has 3 rings (SSSR count). The molecule has 2 N–H and O–H groups in total. The quantitative estimate of drug-likeness (QED) is 0.654. The number of anilines is 2. The van der Waals surface area contributed by atoms with Crippen molar-refractivity contribution in [3.05, 3.63) is 66.1 Å². The first-order chi connectivity index (χ1) is 10.3. The van der Waals surface area contributed by atoms with Gasteiger partial charge in [0.05, 0.1) is 5.69 Å². The SMILES string of the molecule is N#C/C(C(=O)Nc1ccccc1)=C1/Nc2ccccc2O1. The summed E-state index contributed by atoms with van der Waals surface area (Å²) in [4.78, 5) is 12.2. The van der Waals surface area contributed by atoms with Crippen molar-refractivity contribution < 1.29 is 9.53 Å². The van der Waals surface area contributed by atoms with Crippen LogP contribution >= 0.6 is 0 Å². The topological polar surface area (TPSA) is 74.2 Å². The minimum atomic E-state index is -0.515. The van der Waals surface area contributed by atoms with E-state index in [4.69, 9.17) is 4.74 Å². The van der Waals surface area contributed by atoms with Gasteiger partial charge in [-0.15, -0.1) is 0 Å². The number of amides is 1. The molecule has 0 unspecified atom stereocenters. The summed E-state index contributed by atoms with van der Waals surface area (Å²) in [5.41, 5.74) is 1.24. The van der Waals surface area contributed by atoms with Crippen LogP contribution in [0.2, 0.25) is 0 Å². The molecule has 1 aliphatic rings. The fraction of sp³-hybridized carbons (Fsp3) is 0. The summed E-state index contributed by atoms with van der Waals surface area (Å²) in [5.74, 6) is 0.221. The van der Waals surface area contributed by atoms with Crippen LogP contribution in [-0.4, -0.2) is 5.91 Å². The standard InChI is InChI=1S/C16H11N3O2/c17-10-12(15(20)18-11-6-2-1-3-7-11)16-19-13-8-4-5-9-14(13)21-16/h1-9,19H,(H,18,20)/b16-12+. The van der Waals surface area contributed by atoms with E-state index in [0.717, 1.165) is 5.69 Å². The third kappa shape index (κ3) is 2.55. The van der Waals surface area contributed by atoms with Crippen molar-refractivity contribution in [2.24, 2.45) is 0 Å². The van der Waals surface area contributed by atoms with Gasteiger partial charge in [0.25, 0.3) is 5.91 Å². The van der Waals surface area contributed by atoms with Crippen molar-refractivity contribution in [2.45, 2.75) is 0 Å². The number of nitrogens with one attached hydrogen (secondary N) is 2. The molecule has 0 spiro atoms. The third-order valence-corrected chi connectivity index (χ3v) is 2.94. The van der Waals surface area contributed by atoms with Gasteiger partial charge in [0.2, 0.25) is 5.88 Å². The highest BCUT2D eigenvalue weighted by Crippen LogP contribution is 2.33. The molecular formula is C16H11N3O2. The summed E-state index contributed by atoms with van der Waals surface area (Å²) in [6.07, 6.45) is 0. The third-order valence-electron chi connectivity index (χ3n) is 2.94. The van der Waals surface area contributed by atoms with Crippen LogP contribution in [-0.2, 0) is 4.79 Å². The van der Waals surface area contributed by atoms with Crippen molar-refractivity contribution in [3.63, 3.8) is 0 Å². The fourth-order valence-corrected chi connectivity index (χ4v) is 1.95. The van der Waals surface area contributed by atoms with E-state index in [1.807, 2.05) is 30.3 Å². The number of rotatable bonds is 2. The molecule has 2 aromatic rings. The van der Waals surface area contributed by atoms with Gasteiger partial charge in [-0.05, 0) is 24.3 Å². The van der Waals surface area contributed by atoms with E-state index in [1.54, 1.807) is 30.3 Å². The molecule has 0 fully saturated rings. The molecule has 21 heavy (non-hydrogen) atoms. The molecule has 0 atom stereocenters. The molecule has 5 nitrogen and oxygen atoms in total. The number of nitriles is 1. The maximum atomic E-state index is 12.2. The van der Waals surface area contributed by atoms with Crippen LogP contribution in [0.5, 0.6) is 5.75 Å². The van der Waals surface area contributed by atoms with Crippen LogP contribution in [0.15, 0.2) is 66.1 Å². The van der Waals surface area contributed by atoms with Gasteiger partial charge >= 0.3 is 0 Å². The number of hydrogen-bond acceptors (Lipinski definition) is 4. The number of hydrogen-bond donors (Lipinski definition) is 2. The Kier molecular flexibility index (Phi) is 3.27. The average molecular weight is 277 g/mol. The lowest BCUT2D eigenvalue weighted by Crippen LogP contribution is -2.18. The summed E-state index contributed by atoms with van der Waals surface area (Å²) in [6, 6.07) is 18.1. The van der Waals surface area contributed by atoms with Gasteiger partial charge in [-0.1, -0.05) is 30.3 Å². The largest absolute Gasteiger partial charge is 0.437 e. The lowest BCUT2D eigenvalue weighted by Gasteiger charge is -2.06. The average Bonchev–Trinajstić information content (AvgIpc) is 2.92. The Morgan fingerprint density at radius 3 is 2.52 bits per heavy atom. The van der Waals surface area contributed by atoms with E-state index < -0.39 is 5.91 Å². The Labute approximate surface area is 121 Å². The van der Waals surface area contributed by atoms with Crippen LogP contribution in [0.3, 0.4) is 0 Å². The summed E-state index contributed by atoms with van der Waals surface area (Å²) >= 11 is 0. The van der Waals surface area contributed by atoms with Gasteiger partial charge in [0.15, 0.2) is 11.3 Å². The van der Waals surface area contributed by atoms with Gasteiger partial charge in [0, 0.05) is 5.69 Å². The Morgan fingerprint density at radius 2 is 1.81 bits per heavy atom. The van der Waals surface area contributed by atoms with E-state index in [2.05, 4.69) is 10.6 Å². The highest BCUT2D eigenvalue weighted by Gasteiger charge is 2.24. The molecule has 1 aliphatic heterocycles. The second-order valence-corrected chi connectivity index (χ2v) is 4.36. The molecule has 0 aromatic heterocycles. The molecule has 0 saturated heterocycles. The number of ether oxygens (including phenoxy) is 1. The smallest absolute Gasteiger partial charge is 0.271 e. The van der Waals surface area contributed by atoms with Crippen molar-refractivity contribution in [2.75, 3.05) is 10.6 Å². The zero-order valence-corrected chi connectivity index (χ0v) is 11.0. The van der Waals surface area contributed by atoms with Crippen LogP contribution in [0.4, 0.5) is 11.4 Å². The Morgan fingerprint density at radius 1 is 1.10 bits per heavy atom. The van der Waals surface area contributed by atoms with Crippen LogP contribution in [0, 0.1) is 11.3 Å². The molecule has 0 radical (unpaired) electrons. The first-order valence-electron chi connectivity index (χ1n) is 6.32. The van der Waals surface area contributed by atoms with Crippen molar-refractivity contribution >= 4 is 17.3 Å². The molecule has 0 saturated carbocycles. The normalized spacial score (nSPS) is 14.2. The molecule has 0 bridgehead atoms. The van der Waals surface area contributed by atoms with Crippen molar-refractivity contribution in [1.29, 1.82) is 5.26 Å². The maximum absolute atomic E-state index is 12.2. The summed E-state index contributed by atoms with van der Waals surface area (Å²) in [7, 11) is 0. The second kappa shape index (κ2) is 5.39. The van der Waals surface area contributed by atoms with Gasteiger partial charge in [-0.25, -0.2) is 0 Å². The predicted molar refractivity (Wildman–Crippen MR) is 78.4 cm³/mol.